The Morgan fingerprint density at radius 3 is 2.58 bits per heavy atom. The lowest BCUT2D eigenvalue weighted by molar-refractivity contribution is -0.156. The van der Waals surface area contributed by atoms with Crippen LogP contribution in [0.5, 0.6) is 0 Å². The highest BCUT2D eigenvalue weighted by atomic mass is 35.5. The van der Waals surface area contributed by atoms with Gasteiger partial charge in [0.05, 0.1) is 10.9 Å². The van der Waals surface area contributed by atoms with Crippen molar-refractivity contribution in [3.05, 3.63) is 77.2 Å². The first-order chi connectivity index (χ1) is 18.8. The SMILES string of the molecule is CC(C)(C)OC(=O)C1CC1c1cncc(-c2cnc(Nc3ccc(F)c(Cl)c3)nc2-n2ccc(C(F)(F)F)n2)c1. The van der Waals surface area contributed by atoms with Gasteiger partial charge in [0, 0.05) is 41.6 Å². The van der Waals surface area contributed by atoms with E-state index < -0.39 is 23.3 Å². The number of alkyl halides is 3. The molecule has 0 amide bonds. The summed E-state index contributed by atoms with van der Waals surface area (Å²) in [7, 11) is 0. The average Bonchev–Trinajstić information content (AvgIpc) is 3.52. The van der Waals surface area contributed by atoms with Crippen molar-refractivity contribution in [2.45, 2.75) is 44.9 Å². The van der Waals surface area contributed by atoms with Crippen molar-refractivity contribution in [3.8, 4) is 16.9 Å². The molecule has 4 aromatic rings. The van der Waals surface area contributed by atoms with Crippen LogP contribution in [0.25, 0.3) is 16.9 Å². The second-order valence-electron chi connectivity index (χ2n) is 10.3. The highest BCUT2D eigenvalue weighted by Gasteiger charge is 2.46. The fourth-order valence-corrected chi connectivity index (χ4v) is 4.30. The van der Waals surface area contributed by atoms with Crippen molar-refractivity contribution >= 4 is 29.2 Å². The fourth-order valence-electron chi connectivity index (χ4n) is 4.12. The summed E-state index contributed by atoms with van der Waals surface area (Å²) in [6, 6.07) is 6.53. The number of carbonyl (C=O) groups is 1. The summed E-state index contributed by atoms with van der Waals surface area (Å²) in [6.07, 6.45) is 1.67. The van der Waals surface area contributed by atoms with Gasteiger partial charge in [-0.15, -0.1) is 0 Å². The van der Waals surface area contributed by atoms with Crippen LogP contribution in [0.15, 0.2) is 55.1 Å². The van der Waals surface area contributed by atoms with E-state index in [-0.39, 0.29) is 34.6 Å². The molecule has 1 fully saturated rings. The Morgan fingerprint density at radius 2 is 1.90 bits per heavy atom. The predicted octanol–water partition coefficient (Wildman–Crippen LogP) is 6.72. The standard InChI is InChI=1S/C27H23ClF4N6O2/c1-26(2,3)40-24(39)18-10-17(18)14-8-15(12-33-11-14)19-13-34-25(35-16-4-5-21(29)20(28)9-16)36-23(19)38-7-6-22(37-38)27(30,31)32/h4-9,11-13,17-18H,10H2,1-3H3,(H,34,35,36). The van der Waals surface area contributed by atoms with Gasteiger partial charge in [-0.1, -0.05) is 11.6 Å². The molecule has 0 aliphatic heterocycles. The Labute approximate surface area is 231 Å². The molecule has 0 saturated heterocycles. The van der Waals surface area contributed by atoms with E-state index in [9.17, 15) is 22.4 Å². The maximum Gasteiger partial charge on any atom is 0.435 e. The number of benzene rings is 1. The van der Waals surface area contributed by atoms with Gasteiger partial charge >= 0.3 is 12.1 Å². The van der Waals surface area contributed by atoms with E-state index in [1.807, 2.05) is 0 Å². The van der Waals surface area contributed by atoms with E-state index in [1.54, 1.807) is 33.0 Å². The molecule has 1 aliphatic rings. The summed E-state index contributed by atoms with van der Waals surface area (Å²) in [5.41, 5.74) is 0.309. The Balaban J connectivity index is 1.50. The highest BCUT2D eigenvalue weighted by Crippen LogP contribution is 2.49. The Morgan fingerprint density at radius 1 is 1.12 bits per heavy atom. The number of rotatable bonds is 6. The van der Waals surface area contributed by atoms with Crippen LogP contribution in [0.1, 0.15) is 44.4 Å². The van der Waals surface area contributed by atoms with Crippen LogP contribution in [-0.2, 0) is 15.7 Å². The number of anilines is 2. The lowest BCUT2D eigenvalue weighted by atomic mass is 10.0. The van der Waals surface area contributed by atoms with Crippen LogP contribution in [0, 0.1) is 11.7 Å². The van der Waals surface area contributed by atoms with Crippen molar-refractivity contribution in [1.29, 1.82) is 0 Å². The van der Waals surface area contributed by atoms with Gasteiger partial charge in [-0.3, -0.25) is 9.78 Å². The van der Waals surface area contributed by atoms with Crippen LogP contribution >= 0.6 is 11.6 Å². The second-order valence-corrected chi connectivity index (χ2v) is 10.7. The van der Waals surface area contributed by atoms with E-state index >= 15 is 0 Å². The molecule has 40 heavy (non-hydrogen) atoms. The first-order valence-corrected chi connectivity index (χ1v) is 12.6. The molecule has 1 aromatic carbocycles. The largest absolute Gasteiger partial charge is 0.460 e. The molecular weight excluding hydrogens is 552 g/mol. The maximum atomic E-state index is 13.6. The third-order valence-corrected chi connectivity index (χ3v) is 6.33. The van der Waals surface area contributed by atoms with Crippen molar-refractivity contribution in [1.82, 2.24) is 24.7 Å². The molecule has 1 N–H and O–H groups in total. The molecule has 0 bridgehead atoms. The third-order valence-electron chi connectivity index (χ3n) is 6.04. The minimum absolute atomic E-state index is 0.0155. The van der Waals surface area contributed by atoms with Gasteiger partial charge in [0.25, 0.3) is 0 Å². The van der Waals surface area contributed by atoms with Crippen LogP contribution in [0.3, 0.4) is 0 Å². The number of halogens is 5. The minimum Gasteiger partial charge on any atom is -0.460 e. The van der Waals surface area contributed by atoms with Crippen molar-refractivity contribution < 1.29 is 27.1 Å². The van der Waals surface area contributed by atoms with Crippen molar-refractivity contribution in [2.75, 3.05) is 5.32 Å². The summed E-state index contributed by atoms with van der Waals surface area (Å²) < 4.78 is 60.0. The zero-order valence-corrected chi connectivity index (χ0v) is 22.3. The number of hydrogen-bond donors (Lipinski definition) is 1. The number of hydrogen-bond acceptors (Lipinski definition) is 7. The third kappa shape index (κ3) is 6.06. The van der Waals surface area contributed by atoms with Crippen molar-refractivity contribution in [3.63, 3.8) is 0 Å². The number of nitrogens with one attached hydrogen (secondary N) is 1. The van der Waals surface area contributed by atoms with E-state index in [0.29, 0.717) is 23.2 Å². The van der Waals surface area contributed by atoms with Gasteiger partial charge in [-0.05, 0) is 69.0 Å². The maximum absolute atomic E-state index is 13.6. The molecule has 0 radical (unpaired) electrons. The zero-order chi connectivity index (χ0) is 28.8. The lowest BCUT2D eigenvalue weighted by Gasteiger charge is -2.19. The molecule has 5 rings (SSSR count). The summed E-state index contributed by atoms with van der Waals surface area (Å²) >= 11 is 5.85. The molecule has 13 heteroatoms. The van der Waals surface area contributed by atoms with Gasteiger partial charge < -0.3 is 10.1 Å². The first-order valence-electron chi connectivity index (χ1n) is 12.2. The predicted molar refractivity (Wildman–Crippen MR) is 139 cm³/mol. The van der Waals surface area contributed by atoms with Crippen LogP contribution in [0.2, 0.25) is 5.02 Å². The lowest BCUT2D eigenvalue weighted by Crippen LogP contribution is -2.25. The summed E-state index contributed by atoms with van der Waals surface area (Å²) in [5, 5.41) is 6.41. The van der Waals surface area contributed by atoms with Gasteiger partial charge in [0.15, 0.2) is 11.5 Å². The first kappa shape index (κ1) is 27.5. The number of pyridine rings is 1. The minimum atomic E-state index is -4.66. The molecule has 3 aromatic heterocycles. The molecule has 8 nitrogen and oxygen atoms in total. The summed E-state index contributed by atoms with van der Waals surface area (Å²) in [5.74, 6) is -1.25. The Bertz CT molecular complexity index is 1580. The van der Waals surface area contributed by atoms with E-state index in [2.05, 4.69) is 25.4 Å². The fraction of sp³-hybridized carbons (Fsp3) is 0.296. The normalized spacial score (nSPS) is 17.0. The van der Waals surface area contributed by atoms with E-state index in [4.69, 9.17) is 16.3 Å². The van der Waals surface area contributed by atoms with Crippen LogP contribution in [0.4, 0.5) is 29.2 Å². The molecule has 208 valence electrons. The van der Waals surface area contributed by atoms with E-state index in [1.165, 1.54) is 24.5 Å². The second kappa shape index (κ2) is 10.2. The Hall–Kier alpha value is -4.06. The van der Waals surface area contributed by atoms with Crippen LogP contribution in [-0.4, -0.2) is 36.3 Å². The Kier molecular flexibility index (Phi) is 6.99. The molecule has 3 heterocycles. The topological polar surface area (TPSA) is 94.8 Å². The summed E-state index contributed by atoms with van der Waals surface area (Å²) in [6.45, 7) is 5.40. The van der Waals surface area contributed by atoms with E-state index in [0.717, 1.165) is 28.6 Å². The monoisotopic (exact) mass is 574 g/mol. The number of esters is 1. The number of nitrogens with zero attached hydrogens (tertiary/aromatic N) is 5. The molecule has 2 unspecified atom stereocenters. The van der Waals surface area contributed by atoms with Gasteiger partial charge in [0.2, 0.25) is 5.95 Å². The molecule has 1 saturated carbocycles. The summed E-state index contributed by atoms with van der Waals surface area (Å²) in [4.78, 5) is 25.5. The van der Waals surface area contributed by atoms with Crippen molar-refractivity contribution in [2.24, 2.45) is 5.92 Å². The van der Waals surface area contributed by atoms with Gasteiger partial charge in [-0.25, -0.2) is 14.1 Å². The van der Waals surface area contributed by atoms with Gasteiger partial charge in [0.1, 0.15) is 11.4 Å². The zero-order valence-electron chi connectivity index (χ0n) is 21.5. The molecular formula is C27H23ClF4N6O2. The number of aromatic nitrogens is 5. The average molecular weight is 575 g/mol. The molecule has 0 spiro atoms. The smallest absolute Gasteiger partial charge is 0.435 e. The molecule has 2 atom stereocenters. The molecule has 1 aliphatic carbocycles. The highest BCUT2D eigenvalue weighted by molar-refractivity contribution is 6.31. The number of ether oxygens (including phenoxy) is 1. The number of carbonyl (C=O) groups excluding carboxylic acids is 1. The quantitative estimate of drug-likeness (QED) is 0.202. The van der Waals surface area contributed by atoms with Gasteiger partial charge in [-0.2, -0.15) is 23.3 Å². The van der Waals surface area contributed by atoms with Crippen LogP contribution < -0.4 is 5.32 Å².